The van der Waals surface area contributed by atoms with Crippen molar-refractivity contribution in [1.29, 1.82) is 0 Å². The largest absolute Gasteiger partial charge is 0.488 e. The first-order chi connectivity index (χ1) is 17.7. The molecule has 1 aliphatic heterocycles. The number of halogens is 1. The van der Waals surface area contributed by atoms with Gasteiger partial charge in [0, 0.05) is 27.9 Å². The molecular formula is C26H21BrN4O6. The summed E-state index contributed by atoms with van der Waals surface area (Å²) in [6.07, 6.45) is 1.45. The number of non-ortho nitro benzene ring substituents is 1. The molecule has 4 amide bonds. The Morgan fingerprint density at radius 3 is 2.68 bits per heavy atom. The molecular weight excluding hydrogens is 544 g/mol. The molecule has 0 radical (unpaired) electrons. The number of urea groups is 1. The maximum atomic E-state index is 12.9. The Labute approximate surface area is 220 Å². The number of aryl methyl sites for hydroxylation is 1. The fourth-order valence-corrected chi connectivity index (χ4v) is 4.00. The number of benzene rings is 3. The molecule has 37 heavy (non-hydrogen) atoms. The second-order valence-electron chi connectivity index (χ2n) is 8.19. The van der Waals surface area contributed by atoms with Gasteiger partial charge < -0.3 is 15.4 Å². The molecule has 3 aromatic rings. The molecule has 11 heteroatoms. The second-order valence-corrected chi connectivity index (χ2v) is 9.11. The number of nitrogens with one attached hydrogen (secondary N) is 2. The molecule has 0 aliphatic carbocycles. The Morgan fingerprint density at radius 1 is 1.14 bits per heavy atom. The zero-order chi connectivity index (χ0) is 26.5. The van der Waals surface area contributed by atoms with E-state index in [1.165, 1.54) is 18.2 Å². The first-order valence-electron chi connectivity index (χ1n) is 11.1. The summed E-state index contributed by atoms with van der Waals surface area (Å²) in [5.41, 5.74) is 2.51. The Bertz CT molecular complexity index is 1440. The Morgan fingerprint density at radius 2 is 1.92 bits per heavy atom. The fourth-order valence-electron chi connectivity index (χ4n) is 3.62. The van der Waals surface area contributed by atoms with E-state index in [-0.39, 0.29) is 18.0 Å². The Hall–Kier alpha value is -4.51. The van der Waals surface area contributed by atoms with Crippen molar-refractivity contribution in [2.24, 2.45) is 0 Å². The van der Waals surface area contributed by atoms with Crippen LogP contribution >= 0.6 is 15.9 Å². The Kier molecular flexibility index (Phi) is 7.63. The number of carbonyl (C=O) groups excluding carboxylic acids is 3. The van der Waals surface area contributed by atoms with Gasteiger partial charge in [-0.2, -0.15) is 0 Å². The molecule has 10 nitrogen and oxygen atoms in total. The van der Waals surface area contributed by atoms with Crippen molar-refractivity contribution >= 4 is 51.2 Å². The predicted molar refractivity (Wildman–Crippen MR) is 140 cm³/mol. The van der Waals surface area contributed by atoms with Crippen LogP contribution in [-0.4, -0.2) is 34.2 Å². The maximum Gasteiger partial charge on any atom is 0.329 e. The van der Waals surface area contributed by atoms with Crippen LogP contribution in [0.5, 0.6) is 5.75 Å². The van der Waals surface area contributed by atoms with Gasteiger partial charge in [-0.1, -0.05) is 40.2 Å². The number of anilines is 1. The average Bonchev–Trinajstić information content (AvgIpc) is 3.11. The topological polar surface area (TPSA) is 131 Å². The lowest BCUT2D eigenvalue weighted by Crippen LogP contribution is -2.38. The van der Waals surface area contributed by atoms with Gasteiger partial charge in [0.25, 0.3) is 11.6 Å². The smallest absolute Gasteiger partial charge is 0.329 e. The number of hydrogen-bond donors (Lipinski definition) is 2. The molecule has 4 rings (SSSR count). The molecule has 1 heterocycles. The van der Waals surface area contributed by atoms with Crippen molar-refractivity contribution < 1.29 is 24.0 Å². The van der Waals surface area contributed by atoms with Gasteiger partial charge in [0.2, 0.25) is 5.91 Å². The monoisotopic (exact) mass is 564 g/mol. The predicted octanol–water partition coefficient (Wildman–Crippen LogP) is 4.78. The van der Waals surface area contributed by atoms with Crippen LogP contribution in [0.25, 0.3) is 6.08 Å². The van der Waals surface area contributed by atoms with E-state index in [1.54, 1.807) is 48.5 Å². The minimum atomic E-state index is -0.718. The zero-order valence-corrected chi connectivity index (χ0v) is 21.2. The highest BCUT2D eigenvalue weighted by Gasteiger charge is 2.35. The molecule has 2 N–H and O–H groups in total. The summed E-state index contributed by atoms with van der Waals surface area (Å²) in [7, 11) is 0. The van der Waals surface area contributed by atoms with E-state index >= 15 is 0 Å². The lowest BCUT2D eigenvalue weighted by molar-refractivity contribution is -0.384. The zero-order valence-electron chi connectivity index (χ0n) is 19.6. The van der Waals surface area contributed by atoms with E-state index in [1.807, 2.05) is 13.0 Å². The van der Waals surface area contributed by atoms with Crippen molar-refractivity contribution in [1.82, 2.24) is 10.2 Å². The molecule has 1 saturated heterocycles. The summed E-state index contributed by atoms with van der Waals surface area (Å²) in [5, 5.41) is 16.2. The third kappa shape index (κ3) is 6.39. The van der Waals surface area contributed by atoms with Crippen LogP contribution < -0.4 is 15.4 Å². The number of nitrogens with zero attached hydrogens (tertiary/aromatic N) is 2. The van der Waals surface area contributed by atoms with Gasteiger partial charge in [-0.15, -0.1) is 0 Å². The van der Waals surface area contributed by atoms with Crippen LogP contribution in [-0.2, 0) is 16.2 Å². The molecule has 0 unspecified atom stereocenters. The third-order valence-corrected chi connectivity index (χ3v) is 5.85. The second kappa shape index (κ2) is 11.0. The lowest BCUT2D eigenvalue weighted by Gasteiger charge is -2.12. The molecule has 1 fully saturated rings. The van der Waals surface area contributed by atoms with E-state index < -0.39 is 29.3 Å². The van der Waals surface area contributed by atoms with Gasteiger partial charge in [-0.3, -0.25) is 19.7 Å². The molecule has 0 spiro atoms. The number of imide groups is 1. The van der Waals surface area contributed by atoms with Gasteiger partial charge >= 0.3 is 6.03 Å². The number of nitro groups is 1. The molecule has 1 aliphatic rings. The van der Waals surface area contributed by atoms with Gasteiger partial charge in [0.05, 0.1) is 4.92 Å². The SMILES string of the molecule is Cc1cccc(NC(=O)CN2C(=O)N/C(=C/c3cc(Br)ccc3OCc3cccc([N+](=O)[O-])c3)C2=O)c1. The molecule has 0 bridgehead atoms. The standard InChI is InChI=1S/C26H21BrN4O6/c1-16-4-2-6-20(10-16)28-24(32)14-30-25(33)22(29-26(30)34)13-18-12-19(27)8-9-23(18)37-15-17-5-3-7-21(11-17)31(35)36/h2-13H,14-15H2,1H3,(H,28,32)(H,29,34)/b22-13+. The number of amides is 4. The van der Waals surface area contributed by atoms with E-state index in [0.717, 1.165) is 10.5 Å². The third-order valence-electron chi connectivity index (χ3n) is 5.35. The summed E-state index contributed by atoms with van der Waals surface area (Å²) in [5.74, 6) is -0.785. The van der Waals surface area contributed by atoms with E-state index in [9.17, 15) is 24.5 Å². The van der Waals surface area contributed by atoms with Gasteiger partial charge in [-0.05, 0) is 54.5 Å². The fraction of sp³-hybridized carbons (Fsp3) is 0.115. The summed E-state index contributed by atoms with van der Waals surface area (Å²) in [4.78, 5) is 49.2. The van der Waals surface area contributed by atoms with E-state index in [4.69, 9.17) is 4.74 Å². The van der Waals surface area contributed by atoms with Crippen LogP contribution in [0.4, 0.5) is 16.2 Å². The highest BCUT2D eigenvalue weighted by Crippen LogP contribution is 2.28. The van der Waals surface area contributed by atoms with Crippen molar-refractivity contribution in [3.63, 3.8) is 0 Å². The van der Waals surface area contributed by atoms with Gasteiger partial charge in [0.15, 0.2) is 0 Å². The number of rotatable bonds is 8. The molecule has 0 atom stereocenters. The first-order valence-corrected chi connectivity index (χ1v) is 11.9. The highest BCUT2D eigenvalue weighted by molar-refractivity contribution is 9.10. The molecule has 188 valence electrons. The van der Waals surface area contributed by atoms with Gasteiger partial charge in [-0.25, -0.2) is 9.69 Å². The van der Waals surface area contributed by atoms with Crippen molar-refractivity contribution in [2.75, 3.05) is 11.9 Å². The summed E-state index contributed by atoms with van der Waals surface area (Å²) in [6, 6.07) is 17.6. The lowest BCUT2D eigenvalue weighted by atomic mass is 10.1. The van der Waals surface area contributed by atoms with Crippen molar-refractivity contribution in [2.45, 2.75) is 13.5 Å². The summed E-state index contributed by atoms with van der Waals surface area (Å²) in [6.45, 7) is 1.48. The Balaban J connectivity index is 1.48. The summed E-state index contributed by atoms with van der Waals surface area (Å²) < 4.78 is 6.57. The molecule has 3 aromatic carbocycles. The first kappa shape index (κ1) is 25.6. The van der Waals surface area contributed by atoms with Crippen molar-refractivity contribution in [3.05, 3.63) is 104 Å². The number of hydrogen-bond acceptors (Lipinski definition) is 6. The average molecular weight is 565 g/mol. The van der Waals surface area contributed by atoms with Crippen LogP contribution in [0, 0.1) is 17.0 Å². The van der Waals surface area contributed by atoms with Crippen LogP contribution in [0.2, 0.25) is 0 Å². The maximum absolute atomic E-state index is 12.9. The number of ether oxygens (including phenoxy) is 1. The minimum Gasteiger partial charge on any atom is -0.488 e. The normalized spacial score (nSPS) is 14.0. The highest BCUT2D eigenvalue weighted by atomic mass is 79.9. The molecule has 0 aromatic heterocycles. The van der Waals surface area contributed by atoms with E-state index in [0.29, 0.717) is 27.0 Å². The minimum absolute atomic E-state index is 0.0216. The molecule has 0 saturated carbocycles. The van der Waals surface area contributed by atoms with Crippen LogP contribution in [0.3, 0.4) is 0 Å². The van der Waals surface area contributed by atoms with Crippen LogP contribution in [0.1, 0.15) is 16.7 Å². The van der Waals surface area contributed by atoms with E-state index in [2.05, 4.69) is 26.6 Å². The van der Waals surface area contributed by atoms with Crippen molar-refractivity contribution in [3.8, 4) is 5.75 Å². The number of nitro benzene ring substituents is 1. The van der Waals surface area contributed by atoms with Crippen LogP contribution in [0.15, 0.2) is 76.9 Å². The summed E-state index contributed by atoms with van der Waals surface area (Å²) >= 11 is 3.38. The quantitative estimate of drug-likeness (QED) is 0.175. The number of carbonyl (C=O) groups is 3. The van der Waals surface area contributed by atoms with Gasteiger partial charge in [0.1, 0.15) is 24.6 Å².